The van der Waals surface area contributed by atoms with Crippen molar-refractivity contribution in [3.05, 3.63) is 17.6 Å². The van der Waals surface area contributed by atoms with E-state index in [0.717, 1.165) is 30.4 Å². The van der Waals surface area contributed by atoms with Gasteiger partial charge in [0.15, 0.2) is 0 Å². The highest BCUT2D eigenvalue weighted by Gasteiger charge is 2.42. The van der Waals surface area contributed by atoms with Crippen molar-refractivity contribution in [1.29, 1.82) is 0 Å². The predicted octanol–water partition coefficient (Wildman–Crippen LogP) is 2.08. The Bertz CT molecular complexity index is 433. The Morgan fingerprint density at radius 2 is 1.83 bits per heavy atom. The second-order valence-corrected chi connectivity index (χ2v) is 6.12. The van der Waals surface area contributed by atoms with Crippen LogP contribution in [0.2, 0.25) is 0 Å². The molecule has 18 heavy (non-hydrogen) atoms. The van der Waals surface area contributed by atoms with Gasteiger partial charge in [0.25, 0.3) is 0 Å². The van der Waals surface area contributed by atoms with Gasteiger partial charge in [0, 0.05) is 30.8 Å². The fraction of sp³-hybridized carbons (Fsp3) is 0.714. The van der Waals surface area contributed by atoms with Crippen LogP contribution in [0.25, 0.3) is 0 Å². The number of nitrogens with zero attached hydrogens (tertiary/aromatic N) is 3. The zero-order chi connectivity index (χ0) is 13.5. The van der Waals surface area contributed by atoms with Crippen LogP contribution in [0.5, 0.6) is 0 Å². The van der Waals surface area contributed by atoms with Crippen molar-refractivity contribution >= 4 is 5.82 Å². The number of rotatable bonds is 3. The monoisotopic (exact) mass is 248 g/mol. The molecule has 0 aromatic carbocycles. The number of anilines is 1. The van der Waals surface area contributed by atoms with E-state index >= 15 is 0 Å². The molecule has 4 heteroatoms. The first-order chi connectivity index (χ1) is 8.32. The van der Waals surface area contributed by atoms with Crippen LogP contribution < -0.4 is 10.6 Å². The van der Waals surface area contributed by atoms with Crippen LogP contribution in [-0.4, -0.2) is 28.6 Å². The molecule has 1 saturated heterocycles. The van der Waals surface area contributed by atoms with E-state index in [0.29, 0.717) is 11.8 Å². The number of nitrogens with two attached hydrogens (primary N) is 1. The summed E-state index contributed by atoms with van der Waals surface area (Å²) in [5.41, 5.74) is 7.30. The number of hydrogen-bond acceptors (Lipinski definition) is 4. The molecule has 2 N–H and O–H groups in total. The molecule has 100 valence electrons. The standard InChI is InChI=1S/C14H24N4/c1-9(2)13-16-11(5)6-12(17-13)18-7-14(15,8-18)10(3)4/h6,9-10H,7-8,15H2,1-5H3. The van der Waals surface area contributed by atoms with Gasteiger partial charge >= 0.3 is 0 Å². The van der Waals surface area contributed by atoms with Crippen molar-refractivity contribution < 1.29 is 0 Å². The van der Waals surface area contributed by atoms with Gasteiger partial charge < -0.3 is 10.6 Å². The van der Waals surface area contributed by atoms with E-state index in [1.165, 1.54) is 0 Å². The van der Waals surface area contributed by atoms with E-state index in [2.05, 4.69) is 42.6 Å². The normalized spacial score (nSPS) is 18.3. The van der Waals surface area contributed by atoms with Crippen LogP contribution >= 0.6 is 0 Å². The highest BCUT2D eigenvalue weighted by atomic mass is 15.3. The van der Waals surface area contributed by atoms with E-state index in [4.69, 9.17) is 5.73 Å². The van der Waals surface area contributed by atoms with Crippen LogP contribution in [0.3, 0.4) is 0 Å². The van der Waals surface area contributed by atoms with E-state index in [1.54, 1.807) is 0 Å². The predicted molar refractivity (Wildman–Crippen MR) is 74.8 cm³/mol. The molecule has 0 bridgehead atoms. The summed E-state index contributed by atoms with van der Waals surface area (Å²) in [4.78, 5) is 11.4. The summed E-state index contributed by atoms with van der Waals surface area (Å²) in [7, 11) is 0. The van der Waals surface area contributed by atoms with Crippen molar-refractivity contribution in [3.8, 4) is 0 Å². The van der Waals surface area contributed by atoms with Crippen LogP contribution in [0.15, 0.2) is 6.07 Å². The average Bonchev–Trinajstić information content (AvgIpc) is 2.23. The molecule has 1 fully saturated rings. The Kier molecular flexibility index (Phi) is 3.32. The molecule has 0 spiro atoms. The van der Waals surface area contributed by atoms with Gasteiger partial charge in [-0.25, -0.2) is 9.97 Å². The van der Waals surface area contributed by atoms with Gasteiger partial charge in [0.1, 0.15) is 11.6 Å². The summed E-state index contributed by atoms with van der Waals surface area (Å²) >= 11 is 0. The van der Waals surface area contributed by atoms with E-state index in [1.807, 2.05) is 13.0 Å². The van der Waals surface area contributed by atoms with Crippen LogP contribution in [-0.2, 0) is 0 Å². The molecule has 0 radical (unpaired) electrons. The Morgan fingerprint density at radius 3 is 2.33 bits per heavy atom. The Balaban J connectivity index is 2.17. The summed E-state index contributed by atoms with van der Waals surface area (Å²) in [5.74, 6) is 2.80. The van der Waals surface area contributed by atoms with Crippen LogP contribution in [0.1, 0.15) is 45.1 Å². The second-order valence-electron chi connectivity index (χ2n) is 6.12. The maximum absolute atomic E-state index is 6.32. The lowest BCUT2D eigenvalue weighted by Crippen LogP contribution is -2.70. The van der Waals surface area contributed by atoms with Crippen molar-refractivity contribution in [3.63, 3.8) is 0 Å². The maximum atomic E-state index is 6.32. The largest absolute Gasteiger partial charge is 0.353 e. The Labute approximate surface area is 110 Å². The van der Waals surface area contributed by atoms with Gasteiger partial charge in [-0.2, -0.15) is 0 Å². The molecular formula is C14H24N4. The number of hydrogen-bond donors (Lipinski definition) is 1. The minimum absolute atomic E-state index is 0.0587. The quantitative estimate of drug-likeness (QED) is 0.890. The molecule has 1 aliphatic rings. The zero-order valence-corrected chi connectivity index (χ0v) is 12.1. The molecule has 2 heterocycles. The summed E-state index contributed by atoms with van der Waals surface area (Å²) in [6, 6.07) is 2.05. The average molecular weight is 248 g/mol. The van der Waals surface area contributed by atoms with Gasteiger partial charge in [-0.15, -0.1) is 0 Å². The molecule has 0 saturated carbocycles. The fourth-order valence-corrected chi connectivity index (χ4v) is 2.19. The highest BCUT2D eigenvalue weighted by Crippen LogP contribution is 2.30. The summed E-state index contributed by atoms with van der Waals surface area (Å²) < 4.78 is 0. The smallest absolute Gasteiger partial charge is 0.133 e. The third-order valence-electron chi connectivity index (χ3n) is 3.82. The minimum atomic E-state index is -0.0587. The summed E-state index contributed by atoms with van der Waals surface area (Å²) in [6.45, 7) is 12.4. The van der Waals surface area contributed by atoms with E-state index in [9.17, 15) is 0 Å². The third kappa shape index (κ3) is 2.34. The number of aryl methyl sites for hydroxylation is 1. The molecule has 4 nitrogen and oxygen atoms in total. The first-order valence-corrected chi connectivity index (χ1v) is 6.71. The lowest BCUT2D eigenvalue weighted by Gasteiger charge is -2.51. The fourth-order valence-electron chi connectivity index (χ4n) is 2.19. The molecule has 1 aromatic rings. The first-order valence-electron chi connectivity index (χ1n) is 6.71. The molecule has 0 amide bonds. The number of aromatic nitrogens is 2. The van der Waals surface area contributed by atoms with Crippen molar-refractivity contribution in [2.45, 2.75) is 46.1 Å². The van der Waals surface area contributed by atoms with Crippen molar-refractivity contribution in [1.82, 2.24) is 9.97 Å². The topological polar surface area (TPSA) is 55.0 Å². The summed E-state index contributed by atoms with van der Waals surface area (Å²) in [6.07, 6.45) is 0. The van der Waals surface area contributed by atoms with Crippen molar-refractivity contribution in [2.24, 2.45) is 11.7 Å². The van der Waals surface area contributed by atoms with Gasteiger partial charge in [0.2, 0.25) is 0 Å². The lowest BCUT2D eigenvalue weighted by molar-refractivity contribution is 0.243. The van der Waals surface area contributed by atoms with E-state index < -0.39 is 0 Å². The maximum Gasteiger partial charge on any atom is 0.133 e. The van der Waals surface area contributed by atoms with E-state index in [-0.39, 0.29) is 5.54 Å². The van der Waals surface area contributed by atoms with Gasteiger partial charge in [-0.05, 0) is 12.8 Å². The van der Waals surface area contributed by atoms with Crippen LogP contribution in [0, 0.1) is 12.8 Å². The van der Waals surface area contributed by atoms with Gasteiger partial charge in [0.05, 0.1) is 5.54 Å². The lowest BCUT2D eigenvalue weighted by atomic mass is 9.80. The molecule has 1 aliphatic heterocycles. The SMILES string of the molecule is Cc1cc(N2CC(N)(C(C)C)C2)nc(C(C)C)n1. The van der Waals surface area contributed by atoms with Crippen molar-refractivity contribution in [2.75, 3.05) is 18.0 Å². The zero-order valence-electron chi connectivity index (χ0n) is 12.1. The molecule has 0 atom stereocenters. The molecule has 1 aromatic heterocycles. The second kappa shape index (κ2) is 4.50. The van der Waals surface area contributed by atoms with Gasteiger partial charge in [-0.1, -0.05) is 27.7 Å². The molecule has 2 rings (SSSR count). The first kappa shape index (κ1) is 13.3. The minimum Gasteiger partial charge on any atom is -0.353 e. The van der Waals surface area contributed by atoms with Gasteiger partial charge in [-0.3, -0.25) is 0 Å². The summed E-state index contributed by atoms with van der Waals surface area (Å²) in [5, 5.41) is 0. The molecule has 0 aliphatic carbocycles. The highest BCUT2D eigenvalue weighted by molar-refractivity contribution is 5.45. The Morgan fingerprint density at radius 1 is 1.22 bits per heavy atom. The molecule has 0 unspecified atom stereocenters. The molecular weight excluding hydrogens is 224 g/mol. The Hall–Kier alpha value is -1.16. The van der Waals surface area contributed by atoms with Crippen LogP contribution in [0.4, 0.5) is 5.82 Å². The third-order valence-corrected chi connectivity index (χ3v) is 3.82.